The zero-order valence-electron chi connectivity index (χ0n) is 11.5. The highest BCUT2D eigenvalue weighted by atomic mass is 16.4. The molecule has 4 heteroatoms. The fourth-order valence-corrected chi connectivity index (χ4v) is 4.95. The van der Waals surface area contributed by atoms with E-state index >= 15 is 0 Å². The van der Waals surface area contributed by atoms with Gasteiger partial charge in [-0.3, -0.25) is 9.59 Å². The zero-order chi connectivity index (χ0) is 13.6. The second-order valence-electron chi connectivity index (χ2n) is 6.93. The van der Waals surface area contributed by atoms with E-state index in [9.17, 15) is 9.59 Å². The summed E-state index contributed by atoms with van der Waals surface area (Å²) in [7, 11) is 0. The Balaban J connectivity index is 1.58. The van der Waals surface area contributed by atoms with E-state index in [4.69, 9.17) is 5.11 Å². The molecule has 1 atom stereocenters. The number of carboxylic acid groups (broad SMARTS) is 1. The molecule has 1 unspecified atom stereocenters. The molecule has 0 radical (unpaired) electrons. The molecule has 4 rings (SSSR count). The first-order valence-corrected chi connectivity index (χ1v) is 7.55. The Morgan fingerprint density at radius 3 is 2.11 bits per heavy atom. The number of amides is 1. The fraction of sp³-hybridized carbons (Fsp3) is 0.867. The lowest BCUT2D eigenvalue weighted by molar-refractivity contribution is -0.142. The van der Waals surface area contributed by atoms with E-state index in [1.54, 1.807) is 0 Å². The van der Waals surface area contributed by atoms with Gasteiger partial charge in [0.05, 0.1) is 0 Å². The van der Waals surface area contributed by atoms with Crippen molar-refractivity contribution in [1.29, 1.82) is 0 Å². The number of hydrogen-bond donors (Lipinski definition) is 2. The van der Waals surface area contributed by atoms with Crippen molar-refractivity contribution in [3.8, 4) is 0 Å². The summed E-state index contributed by atoms with van der Waals surface area (Å²) in [5, 5.41) is 11.4. The van der Waals surface area contributed by atoms with Gasteiger partial charge in [0.1, 0.15) is 6.04 Å². The second-order valence-corrected chi connectivity index (χ2v) is 6.93. The summed E-state index contributed by atoms with van der Waals surface area (Å²) in [4.78, 5) is 22.7. The predicted molar refractivity (Wildman–Crippen MR) is 70.4 cm³/mol. The molecule has 0 aliphatic heterocycles. The molecule has 0 heterocycles. The second kappa shape index (κ2) is 4.80. The Kier molecular flexibility index (Phi) is 3.27. The maximum Gasteiger partial charge on any atom is 0.325 e. The number of carbonyl (C=O) groups is 2. The van der Waals surface area contributed by atoms with Gasteiger partial charge in [-0.05, 0) is 68.6 Å². The molecule has 4 saturated carbocycles. The predicted octanol–water partition coefficient (Wildman–Crippen LogP) is 2.04. The molecule has 4 nitrogen and oxygen atoms in total. The van der Waals surface area contributed by atoms with Crippen LogP contribution in [-0.2, 0) is 9.59 Å². The minimum Gasteiger partial charge on any atom is -0.480 e. The van der Waals surface area contributed by atoms with Crippen molar-refractivity contribution in [3.63, 3.8) is 0 Å². The molecule has 0 saturated heterocycles. The van der Waals surface area contributed by atoms with Gasteiger partial charge in [-0.1, -0.05) is 0 Å². The molecule has 19 heavy (non-hydrogen) atoms. The maximum atomic E-state index is 12.0. The van der Waals surface area contributed by atoms with Crippen molar-refractivity contribution in [2.75, 3.05) is 0 Å². The first-order valence-electron chi connectivity index (χ1n) is 7.55. The molecule has 0 spiro atoms. The number of rotatable bonds is 4. The minimum atomic E-state index is -0.960. The summed E-state index contributed by atoms with van der Waals surface area (Å²) in [6, 6.07) is -0.774. The quantitative estimate of drug-likeness (QED) is 0.817. The average Bonchev–Trinajstić information content (AvgIpc) is 2.32. The number of carboxylic acids is 1. The van der Waals surface area contributed by atoms with Crippen LogP contribution in [0.1, 0.15) is 45.4 Å². The summed E-state index contributed by atoms with van der Waals surface area (Å²) in [5.74, 6) is 2.75. The van der Waals surface area contributed by atoms with E-state index in [0.717, 1.165) is 23.7 Å². The largest absolute Gasteiger partial charge is 0.480 e. The van der Waals surface area contributed by atoms with Crippen LogP contribution in [0.3, 0.4) is 0 Å². The smallest absolute Gasteiger partial charge is 0.325 e. The molecular weight excluding hydrogens is 242 g/mol. The van der Waals surface area contributed by atoms with Gasteiger partial charge in [-0.25, -0.2) is 0 Å². The van der Waals surface area contributed by atoms with Gasteiger partial charge in [0.15, 0.2) is 0 Å². The average molecular weight is 265 g/mol. The first kappa shape index (κ1) is 12.9. The minimum absolute atomic E-state index is 0.0765. The van der Waals surface area contributed by atoms with Crippen molar-refractivity contribution < 1.29 is 14.7 Å². The standard InChI is InChI=1S/C15H23NO3/c1-8(15(18)19)16-14(17)7-13-11-3-9-2-10(5-11)6-12(13)4-9/h8-13H,2-7H2,1H3,(H,16,17)(H,18,19). The molecule has 4 aliphatic carbocycles. The molecule has 1 amide bonds. The van der Waals surface area contributed by atoms with Crippen LogP contribution in [0.15, 0.2) is 0 Å². The Morgan fingerprint density at radius 1 is 1.11 bits per heavy atom. The maximum absolute atomic E-state index is 12.0. The van der Waals surface area contributed by atoms with E-state index in [-0.39, 0.29) is 5.91 Å². The van der Waals surface area contributed by atoms with Gasteiger partial charge >= 0.3 is 5.97 Å². The lowest BCUT2D eigenvalue weighted by atomic mass is 9.51. The van der Waals surface area contributed by atoms with Crippen molar-refractivity contribution >= 4 is 11.9 Å². The number of hydrogen-bond acceptors (Lipinski definition) is 2. The van der Waals surface area contributed by atoms with Crippen molar-refractivity contribution in [1.82, 2.24) is 5.32 Å². The van der Waals surface area contributed by atoms with Crippen LogP contribution < -0.4 is 5.32 Å². The van der Waals surface area contributed by atoms with Crippen LogP contribution in [0.2, 0.25) is 0 Å². The SMILES string of the molecule is CC(NC(=O)CC1C2CC3CC(C2)CC1C3)C(=O)O. The van der Waals surface area contributed by atoms with E-state index in [2.05, 4.69) is 5.32 Å². The fourth-order valence-electron chi connectivity index (χ4n) is 4.95. The van der Waals surface area contributed by atoms with E-state index in [1.165, 1.54) is 39.0 Å². The molecule has 0 aromatic rings. The Labute approximate surface area is 113 Å². The van der Waals surface area contributed by atoms with Gasteiger partial charge < -0.3 is 10.4 Å². The Bertz CT molecular complexity index is 365. The lowest BCUT2D eigenvalue weighted by Crippen LogP contribution is -2.47. The summed E-state index contributed by atoms with van der Waals surface area (Å²) >= 11 is 0. The zero-order valence-corrected chi connectivity index (χ0v) is 11.5. The summed E-state index contributed by atoms with van der Waals surface area (Å²) < 4.78 is 0. The highest BCUT2D eigenvalue weighted by Gasteiger charge is 2.48. The molecule has 4 bridgehead atoms. The van der Waals surface area contributed by atoms with E-state index in [1.807, 2.05) is 0 Å². The van der Waals surface area contributed by atoms with Gasteiger partial charge in [0, 0.05) is 6.42 Å². The van der Waals surface area contributed by atoms with Crippen molar-refractivity contribution in [3.05, 3.63) is 0 Å². The first-order chi connectivity index (χ1) is 9.02. The van der Waals surface area contributed by atoms with Crippen LogP contribution in [-0.4, -0.2) is 23.0 Å². The monoisotopic (exact) mass is 265 g/mol. The van der Waals surface area contributed by atoms with Gasteiger partial charge in [0.25, 0.3) is 0 Å². The molecule has 0 aromatic heterocycles. The van der Waals surface area contributed by atoms with Crippen molar-refractivity contribution in [2.24, 2.45) is 29.6 Å². The normalized spacial score (nSPS) is 41.0. The van der Waals surface area contributed by atoms with E-state index in [0.29, 0.717) is 12.3 Å². The van der Waals surface area contributed by atoms with Crippen LogP contribution in [0.5, 0.6) is 0 Å². The van der Waals surface area contributed by atoms with Crippen LogP contribution >= 0.6 is 0 Å². The van der Waals surface area contributed by atoms with Gasteiger partial charge in [-0.15, -0.1) is 0 Å². The number of aliphatic carboxylic acids is 1. The van der Waals surface area contributed by atoms with Crippen molar-refractivity contribution in [2.45, 2.75) is 51.5 Å². The Morgan fingerprint density at radius 2 is 1.63 bits per heavy atom. The topological polar surface area (TPSA) is 66.4 Å². The van der Waals surface area contributed by atoms with Crippen LogP contribution in [0.25, 0.3) is 0 Å². The van der Waals surface area contributed by atoms with Gasteiger partial charge in [0.2, 0.25) is 5.91 Å². The number of nitrogens with one attached hydrogen (secondary N) is 1. The molecule has 106 valence electrons. The molecule has 4 aliphatic rings. The third-order valence-electron chi connectivity index (χ3n) is 5.59. The van der Waals surface area contributed by atoms with Gasteiger partial charge in [-0.2, -0.15) is 0 Å². The molecule has 4 fully saturated rings. The lowest BCUT2D eigenvalue weighted by Gasteiger charge is -2.54. The molecular formula is C15H23NO3. The summed E-state index contributed by atoms with van der Waals surface area (Å²) in [6.45, 7) is 1.52. The third kappa shape index (κ3) is 2.49. The van der Waals surface area contributed by atoms with E-state index < -0.39 is 12.0 Å². The Hall–Kier alpha value is -1.06. The highest BCUT2D eigenvalue weighted by molar-refractivity contribution is 5.83. The summed E-state index contributed by atoms with van der Waals surface area (Å²) in [5.41, 5.74) is 0. The molecule has 2 N–H and O–H groups in total. The number of carbonyl (C=O) groups excluding carboxylic acids is 1. The highest BCUT2D eigenvalue weighted by Crippen LogP contribution is 2.57. The third-order valence-corrected chi connectivity index (χ3v) is 5.59. The van der Waals surface area contributed by atoms with Crippen LogP contribution in [0, 0.1) is 29.6 Å². The van der Waals surface area contributed by atoms with Crippen LogP contribution in [0.4, 0.5) is 0 Å². The molecule has 0 aromatic carbocycles. The summed E-state index contributed by atoms with van der Waals surface area (Å²) in [6.07, 6.45) is 7.17.